The molecule has 0 aliphatic heterocycles. The minimum absolute atomic E-state index is 0.0771. The van der Waals surface area contributed by atoms with E-state index in [9.17, 15) is 21.6 Å². The predicted molar refractivity (Wildman–Crippen MR) is 71.0 cm³/mol. The number of halogens is 6. The first-order chi connectivity index (χ1) is 8.50. The highest BCUT2D eigenvalue weighted by Gasteiger charge is 2.27. The lowest BCUT2D eigenvalue weighted by atomic mass is 10.3. The maximum atomic E-state index is 12.0. The second kappa shape index (κ2) is 6.19. The van der Waals surface area contributed by atoms with E-state index in [1.165, 1.54) is 0 Å². The lowest BCUT2D eigenvalue weighted by Gasteiger charge is -2.12. The Hall–Kier alpha value is 0.01000. The molecule has 10 heteroatoms. The number of rotatable bonds is 4. The third-order valence-electron chi connectivity index (χ3n) is 1.89. The number of hydrogen-bond donors (Lipinski definition) is 0. The molecule has 3 nitrogen and oxygen atoms in total. The third-order valence-corrected chi connectivity index (χ3v) is 4.40. The zero-order chi connectivity index (χ0) is 14.8. The monoisotopic (exact) mass is 444 g/mol. The zero-order valence-electron chi connectivity index (χ0n) is 8.97. The predicted octanol–water partition coefficient (Wildman–Crippen LogP) is 4.47. The zero-order valence-corrected chi connectivity index (χ0v) is 13.7. The summed E-state index contributed by atoms with van der Waals surface area (Å²) >= 11 is 6.02. The van der Waals surface area contributed by atoms with Gasteiger partial charge >= 0.3 is 6.18 Å². The maximum Gasteiger partial charge on any atom is 0.392 e. The molecule has 0 aliphatic carbocycles. The molecular formula is C9H6Br2ClF3O3S. The summed E-state index contributed by atoms with van der Waals surface area (Å²) in [6.07, 6.45) is -5.43. The number of hydrogen-bond acceptors (Lipinski definition) is 3. The molecule has 0 N–H and O–H groups in total. The van der Waals surface area contributed by atoms with Gasteiger partial charge in [-0.15, -0.1) is 0 Å². The van der Waals surface area contributed by atoms with Crippen LogP contribution in [0, 0.1) is 0 Å². The fourth-order valence-electron chi connectivity index (χ4n) is 1.08. The second-order valence-electron chi connectivity index (χ2n) is 3.37. The molecule has 0 saturated carbocycles. The number of ether oxygens (including phenoxy) is 1. The van der Waals surface area contributed by atoms with Gasteiger partial charge in [-0.1, -0.05) is 0 Å². The van der Waals surface area contributed by atoms with Crippen LogP contribution in [0.2, 0.25) is 0 Å². The molecule has 1 rings (SSSR count). The van der Waals surface area contributed by atoms with Gasteiger partial charge in [0.15, 0.2) is 0 Å². The molecule has 0 radical (unpaired) electrons. The summed E-state index contributed by atoms with van der Waals surface area (Å²) in [6.45, 7) is -0.576. The minimum Gasteiger partial charge on any atom is -0.491 e. The molecule has 0 heterocycles. The van der Waals surface area contributed by atoms with Crippen molar-refractivity contribution in [1.29, 1.82) is 0 Å². The first-order valence-electron chi connectivity index (χ1n) is 4.64. The van der Waals surface area contributed by atoms with Crippen LogP contribution >= 0.6 is 42.5 Å². The molecule has 108 valence electrons. The van der Waals surface area contributed by atoms with Gasteiger partial charge in [-0.25, -0.2) is 8.42 Å². The Balaban J connectivity index is 2.93. The number of benzene rings is 1. The van der Waals surface area contributed by atoms with Gasteiger partial charge in [0.2, 0.25) is 0 Å². The van der Waals surface area contributed by atoms with Gasteiger partial charge in [0.25, 0.3) is 9.05 Å². The summed E-state index contributed by atoms with van der Waals surface area (Å²) in [7, 11) is 1.23. The summed E-state index contributed by atoms with van der Waals surface area (Å²) in [5, 5.41) is 0. The van der Waals surface area contributed by atoms with Gasteiger partial charge in [-0.3, -0.25) is 0 Å². The lowest BCUT2D eigenvalue weighted by molar-refractivity contribution is -0.139. The first kappa shape index (κ1) is 17.1. The molecule has 0 fully saturated rings. The van der Waals surface area contributed by atoms with Gasteiger partial charge in [0.1, 0.15) is 5.75 Å². The number of alkyl halides is 3. The summed E-state index contributed by atoms with van der Waals surface area (Å²) in [5.74, 6) is 0.0771. The molecule has 19 heavy (non-hydrogen) atoms. The highest BCUT2D eigenvalue weighted by Crippen LogP contribution is 2.37. The first-order valence-corrected chi connectivity index (χ1v) is 8.53. The van der Waals surface area contributed by atoms with Gasteiger partial charge in [-0.2, -0.15) is 13.2 Å². The third kappa shape index (κ3) is 5.49. The fraction of sp³-hybridized carbons (Fsp3) is 0.333. The SMILES string of the molecule is O=S(=O)(Cl)c1cc(Br)c(OCCC(F)(F)F)c(Br)c1. The van der Waals surface area contributed by atoms with Crippen LogP contribution in [0.1, 0.15) is 6.42 Å². The van der Waals surface area contributed by atoms with E-state index in [-0.39, 0.29) is 19.6 Å². The van der Waals surface area contributed by atoms with Crippen molar-refractivity contribution in [3.63, 3.8) is 0 Å². The average molecular weight is 446 g/mol. The van der Waals surface area contributed by atoms with E-state index in [1.54, 1.807) is 0 Å². The second-order valence-corrected chi connectivity index (χ2v) is 7.64. The van der Waals surface area contributed by atoms with Crippen molar-refractivity contribution in [1.82, 2.24) is 0 Å². The smallest absolute Gasteiger partial charge is 0.392 e. The Morgan fingerprint density at radius 1 is 1.21 bits per heavy atom. The summed E-state index contributed by atoms with van der Waals surface area (Å²) in [6, 6.07) is 2.30. The molecule has 0 amide bonds. The molecule has 1 aromatic rings. The summed E-state index contributed by atoms with van der Waals surface area (Å²) in [4.78, 5) is -0.198. The van der Waals surface area contributed by atoms with Crippen molar-refractivity contribution >= 4 is 51.6 Å². The Kier molecular flexibility index (Phi) is 5.56. The summed E-state index contributed by atoms with van der Waals surface area (Å²) in [5.41, 5.74) is 0. The van der Waals surface area contributed by atoms with Crippen LogP contribution < -0.4 is 4.74 Å². The fourth-order valence-corrected chi connectivity index (χ4v) is 3.59. The van der Waals surface area contributed by atoms with Crippen molar-refractivity contribution in [3.8, 4) is 5.75 Å². The normalized spacial score (nSPS) is 12.5. The highest BCUT2D eigenvalue weighted by atomic mass is 79.9. The topological polar surface area (TPSA) is 43.4 Å². The van der Waals surface area contributed by atoms with Crippen LogP contribution in [0.5, 0.6) is 5.75 Å². The van der Waals surface area contributed by atoms with Gasteiger partial charge in [0.05, 0.1) is 26.9 Å². The highest BCUT2D eigenvalue weighted by molar-refractivity contribution is 9.11. The van der Waals surface area contributed by atoms with E-state index in [0.29, 0.717) is 0 Å². The van der Waals surface area contributed by atoms with Crippen molar-refractivity contribution in [2.45, 2.75) is 17.5 Å². The standard InChI is InChI=1S/C9H6Br2ClF3O3S/c10-6-3-5(19(12,16)17)4-7(11)8(6)18-2-1-9(13,14)15/h3-4H,1-2H2. The largest absolute Gasteiger partial charge is 0.491 e. The van der Waals surface area contributed by atoms with E-state index in [0.717, 1.165) is 12.1 Å². The van der Waals surface area contributed by atoms with Crippen molar-refractivity contribution in [3.05, 3.63) is 21.1 Å². The average Bonchev–Trinajstić information content (AvgIpc) is 2.18. The Morgan fingerprint density at radius 3 is 2.05 bits per heavy atom. The molecule has 0 aromatic heterocycles. The minimum atomic E-state index is -4.32. The molecule has 0 spiro atoms. The Bertz CT molecular complexity index is 552. The molecule has 1 aromatic carbocycles. The van der Waals surface area contributed by atoms with Gasteiger partial charge in [-0.05, 0) is 44.0 Å². The van der Waals surface area contributed by atoms with Gasteiger partial charge in [0, 0.05) is 10.7 Å². The van der Waals surface area contributed by atoms with Crippen LogP contribution in [-0.2, 0) is 9.05 Å². The lowest BCUT2D eigenvalue weighted by Crippen LogP contribution is -2.13. The van der Waals surface area contributed by atoms with E-state index >= 15 is 0 Å². The molecule has 0 aliphatic rings. The van der Waals surface area contributed by atoms with Crippen LogP contribution in [0.4, 0.5) is 13.2 Å². The van der Waals surface area contributed by atoms with E-state index in [4.69, 9.17) is 15.4 Å². The Labute approximate surface area is 128 Å². The van der Waals surface area contributed by atoms with E-state index in [2.05, 4.69) is 31.9 Å². The van der Waals surface area contributed by atoms with E-state index < -0.39 is 28.3 Å². The quantitative estimate of drug-likeness (QED) is 0.641. The van der Waals surface area contributed by atoms with Crippen LogP contribution in [0.15, 0.2) is 26.0 Å². The molecule has 0 unspecified atom stereocenters. The summed E-state index contributed by atoms with van der Waals surface area (Å²) < 4.78 is 63.5. The van der Waals surface area contributed by atoms with Gasteiger partial charge < -0.3 is 4.74 Å². The van der Waals surface area contributed by atoms with E-state index in [1.807, 2.05) is 0 Å². The van der Waals surface area contributed by atoms with Crippen LogP contribution in [0.25, 0.3) is 0 Å². The van der Waals surface area contributed by atoms with Crippen LogP contribution in [0.3, 0.4) is 0 Å². The molecule has 0 atom stereocenters. The Morgan fingerprint density at radius 2 is 1.68 bits per heavy atom. The molecule has 0 saturated heterocycles. The van der Waals surface area contributed by atoms with Crippen molar-refractivity contribution in [2.24, 2.45) is 0 Å². The van der Waals surface area contributed by atoms with Crippen molar-refractivity contribution in [2.75, 3.05) is 6.61 Å². The molecular weight excluding hydrogens is 440 g/mol. The maximum absolute atomic E-state index is 12.0. The van der Waals surface area contributed by atoms with Crippen LogP contribution in [-0.4, -0.2) is 21.2 Å². The molecule has 0 bridgehead atoms. The van der Waals surface area contributed by atoms with Crippen molar-refractivity contribution < 1.29 is 26.3 Å².